The number of carbonyl (C=O) groups is 1. The molecule has 1 atom stereocenters. The highest BCUT2D eigenvalue weighted by Gasteiger charge is 2.33. The molecule has 0 saturated carbocycles. The van der Waals surface area contributed by atoms with Crippen molar-refractivity contribution in [3.63, 3.8) is 0 Å². The number of carboxylic acids is 1. The van der Waals surface area contributed by atoms with Crippen LogP contribution in [0.1, 0.15) is 42.9 Å². The van der Waals surface area contributed by atoms with Crippen LogP contribution in [0, 0.1) is 17.2 Å². The van der Waals surface area contributed by atoms with E-state index in [-0.39, 0.29) is 5.84 Å². The minimum Gasteiger partial charge on any atom is -0.480 e. The molecule has 0 amide bonds. The normalized spacial score (nSPS) is 19.7. The van der Waals surface area contributed by atoms with Crippen molar-refractivity contribution < 1.29 is 9.90 Å². The molecule has 2 aromatic rings. The highest BCUT2D eigenvalue weighted by atomic mass is 16.4. The predicted octanol–water partition coefficient (Wildman–Crippen LogP) is 3.47. The third kappa shape index (κ3) is 4.97. The number of hydrogen-bond donors (Lipinski definition) is 4. The van der Waals surface area contributed by atoms with Crippen LogP contribution in [0.4, 0.5) is 0 Å². The SMILES string of the molecule is N=C(N)c1ccc(-c2ccc(C(C(=O)O)N3CCC(C4CCNCC4)CC3)cc2)cc1. The standard InChI is InChI=1S/C25H32N4O2/c26-24(27)22-7-3-18(4-8-22)17-1-5-21(6-2-17)23(25(30)31)29-15-11-20(12-16-29)19-9-13-28-14-10-19/h1-8,19-20,23,28H,9-16H2,(H3,26,27)(H,30,31). The van der Waals surface area contributed by atoms with Gasteiger partial charge in [-0.1, -0.05) is 48.5 Å². The Kier molecular flexibility index (Phi) is 6.68. The molecule has 0 spiro atoms. The van der Waals surface area contributed by atoms with Crippen molar-refractivity contribution in [3.8, 4) is 11.1 Å². The van der Waals surface area contributed by atoms with E-state index < -0.39 is 12.0 Å². The van der Waals surface area contributed by atoms with Gasteiger partial charge in [-0.05, 0) is 80.4 Å². The van der Waals surface area contributed by atoms with E-state index in [1.807, 2.05) is 48.5 Å². The molecule has 1 unspecified atom stereocenters. The Balaban J connectivity index is 1.43. The van der Waals surface area contributed by atoms with Gasteiger partial charge in [0.2, 0.25) is 0 Å². The zero-order chi connectivity index (χ0) is 21.8. The Morgan fingerprint density at radius 3 is 1.97 bits per heavy atom. The average Bonchev–Trinajstić information content (AvgIpc) is 2.80. The van der Waals surface area contributed by atoms with Gasteiger partial charge in [-0.3, -0.25) is 15.1 Å². The van der Waals surface area contributed by atoms with Crippen molar-refractivity contribution >= 4 is 11.8 Å². The first kappa shape index (κ1) is 21.5. The van der Waals surface area contributed by atoms with Crippen LogP contribution in [0.15, 0.2) is 48.5 Å². The van der Waals surface area contributed by atoms with E-state index in [9.17, 15) is 9.90 Å². The maximum absolute atomic E-state index is 12.2. The number of carboxylic acid groups (broad SMARTS) is 1. The van der Waals surface area contributed by atoms with Gasteiger partial charge in [-0.2, -0.15) is 0 Å². The van der Waals surface area contributed by atoms with Crippen LogP contribution in [-0.2, 0) is 4.79 Å². The zero-order valence-electron chi connectivity index (χ0n) is 17.9. The van der Waals surface area contributed by atoms with Crippen molar-refractivity contribution in [1.29, 1.82) is 5.41 Å². The van der Waals surface area contributed by atoms with Crippen molar-refractivity contribution in [2.45, 2.75) is 31.7 Å². The molecule has 2 aliphatic rings. The molecule has 5 N–H and O–H groups in total. The van der Waals surface area contributed by atoms with Gasteiger partial charge in [0.15, 0.2) is 0 Å². The molecular weight excluding hydrogens is 388 g/mol. The molecule has 2 saturated heterocycles. The Hall–Kier alpha value is -2.70. The maximum atomic E-state index is 12.2. The fraction of sp³-hybridized carbons (Fsp3) is 0.440. The largest absolute Gasteiger partial charge is 0.480 e. The van der Waals surface area contributed by atoms with E-state index in [4.69, 9.17) is 11.1 Å². The molecule has 2 aliphatic heterocycles. The quantitative estimate of drug-likeness (QED) is 0.423. The molecule has 31 heavy (non-hydrogen) atoms. The molecule has 6 nitrogen and oxygen atoms in total. The number of nitrogen functional groups attached to an aromatic ring is 1. The summed E-state index contributed by atoms with van der Waals surface area (Å²) < 4.78 is 0. The summed E-state index contributed by atoms with van der Waals surface area (Å²) >= 11 is 0. The Morgan fingerprint density at radius 2 is 1.45 bits per heavy atom. The Labute approximate surface area is 184 Å². The number of amidine groups is 1. The first-order valence-electron chi connectivity index (χ1n) is 11.3. The summed E-state index contributed by atoms with van der Waals surface area (Å²) in [5.41, 5.74) is 9.09. The van der Waals surface area contributed by atoms with Crippen molar-refractivity contribution in [3.05, 3.63) is 59.7 Å². The second-order valence-electron chi connectivity index (χ2n) is 8.81. The summed E-state index contributed by atoms with van der Waals surface area (Å²) in [5.74, 6) is 0.794. The summed E-state index contributed by atoms with van der Waals surface area (Å²) in [7, 11) is 0. The molecule has 164 valence electrons. The highest BCUT2D eigenvalue weighted by molar-refractivity contribution is 5.95. The van der Waals surface area contributed by atoms with Crippen LogP contribution in [0.3, 0.4) is 0 Å². The van der Waals surface area contributed by atoms with Crippen LogP contribution < -0.4 is 11.1 Å². The van der Waals surface area contributed by atoms with E-state index in [0.29, 0.717) is 5.56 Å². The lowest BCUT2D eigenvalue weighted by Crippen LogP contribution is -2.43. The second kappa shape index (κ2) is 9.62. The number of benzene rings is 2. The third-order valence-electron chi connectivity index (χ3n) is 6.98. The van der Waals surface area contributed by atoms with Crippen LogP contribution >= 0.6 is 0 Å². The summed E-state index contributed by atoms with van der Waals surface area (Å²) in [6, 6.07) is 14.8. The van der Waals surface area contributed by atoms with Gasteiger partial charge in [0.25, 0.3) is 0 Å². The summed E-state index contributed by atoms with van der Waals surface area (Å²) in [4.78, 5) is 14.3. The number of nitrogens with one attached hydrogen (secondary N) is 2. The van der Waals surface area contributed by atoms with E-state index >= 15 is 0 Å². The van der Waals surface area contributed by atoms with Crippen LogP contribution in [0.5, 0.6) is 0 Å². The van der Waals surface area contributed by atoms with Crippen LogP contribution in [0.25, 0.3) is 11.1 Å². The van der Waals surface area contributed by atoms with Gasteiger partial charge in [-0.15, -0.1) is 0 Å². The zero-order valence-corrected chi connectivity index (χ0v) is 17.9. The predicted molar refractivity (Wildman–Crippen MR) is 123 cm³/mol. The number of likely N-dealkylation sites (tertiary alicyclic amines) is 1. The topological polar surface area (TPSA) is 102 Å². The lowest BCUT2D eigenvalue weighted by molar-refractivity contribution is -0.144. The van der Waals surface area contributed by atoms with Gasteiger partial charge < -0.3 is 16.2 Å². The molecule has 2 heterocycles. The number of piperidine rings is 2. The minimum absolute atomic E-state index is 0.0510. The van der Waals surface area contributed by atoms with Gasteiger partial charge in [-0.25, -0.2) is 0 Å². The second-order valence-corrected chi connectivity index (χ2v) is 8.81. The summed E-state index contributed by atoms with van der Waals surface area (Å²) in [5, 5.41) is 20.9. The van der Waals surface area contributed by atoms with Crippen LogP contribution in [-0.4, -0.2) is 48.0 Å². The average molecular weight is 421 g/mol. The summed E-state index contributed by atoms with van der Waals surface area (Å²) in [6.07, 6.45) is 4.69. The fourth-order valence-electron chi connectivity index (χ4n) is 5.17. The molecule has 0 radical (unpaired) electrons. The molecule has 4 rings (SSSR count). The third-order valence-corrected chi connectivity index (χ3v) is 6.98. The molecule has 0 aliphatic carbocycles. The first-order chi connectivity index (χ1) is 15.0. The lowest BCUT2D eigenvalue weighted by atomic mass is 9.79. The monoisotopic (exact) mass is 420 g/mol. The van der Waals surface area contributed by atoms with E-state index in [0.717, 1.165) is 67.5 Å². The van der Waals surface area contributed by atoms with Gasteiger partial charge in [0.1, 0.15) is 11.9 Å². The Bertz CT molecular complexity index is 896. The van der Waals surface area contributed by atoms with Crippen molar-refractivity contribution in [2.75, 3.05) is 26.2 Å². The van der Waals surface area contributed by atoms with E-state index in [1.54, 1.807) is 0 Å². The maximum Gasteiger partial charge on any atom is 0.325 e. The van der Waals surface area contributed by atoms with Crippen LogP contribution in [0.2, 0.25) is 0 Å². The van der Waals surface area contributed by atoms with Gasteiger partial charge >= 0.3 is 5.97 Å². The fourth-order valence-corrected chi connectivity index (χ4v) is 5.17. The number of rotatable bonds is 6. The van der Waals surface area contributed by atoms with E-state index in [2.05, 4.69) is 10.2 Å². The lowest BCUT2D eigenvalue weighted by Gasteiger charge is -2.40. The first-order valence-corrected chi connectivity index (χ1v) is 11.3. The van der Waals surface area contributed by atoms with Gasteiger partial charge in [0, 0.05) is 5.56 Å². The number of hydrogen-bond acceptors (Lipinski definition) is 4. The molecule has 6 heteroatoms. The number of aliphatic carboxylic acids is 1. The number of nitrogens with two attached hydrogens (primary N) is 1. The van der Waals surface area contributed by atoms with E-state index in [1.165, 1.54) is 12.8 Å². The highest BCUT2D eigenvalue weighted by Crippen LogP contribution is 2.34. The smallest absolute Gasteiger partial charge is 0.325 e. The molecule has 2 aromatic carbocycles. The number of nitrogens with zero attached hydrogens (tertiary/aromatic N) is 1. The summed E-state index contributed by atoms with van der Waals surface area (Å²) in [6.45, 7) is 3.93. The van der Waals surface area contributed by atoms with Crippen molar-refractivity contribution in [2.24, 2.45) is 17.6 Å². The minimum atomic E-state index is -0.779. The van der Waals surface area contributed by atoms with Crippen molar-refractivity contribution in [1.82, 2.24) is 10.2 Å². The molecular formula is C25H32N4O2. The molecule has 2 fully saturated rings. The van der Waals surface area contributed by atoms with Gasteiger partial charge in [0.05, 0.1) is 0 Å². The molecule has 0 bridgehead atoms. The Morgan fingerprint density at radius 1 is 0.935 bits per heavy atom. The molecule has 0 aromatic heterocycles.